The van der Waals surface area contributed by atoms with Crippen molar-refractivity contribution in [1.82, 2.24) is 0 Å². The highest BCUT2D eigenvalue weighted by molar-refractivity contribution is 6.17. The van der Waals surface area contributed by atoms with Gasteiger partial charge in [0.2, 0.25) is 0 Å². The minimum atomic E-state index is -0.180. The van der Waals surface area contributed by atoms with E-state index in [4.69, 9.17) is 11.6 Å². The van der Waals surface area contributed by atoms with E-state index < -0.39 is 0 Å². The van der Waals surface area contributed by atoms with E-state index in [1.165, 1.54) is 6.07 Å². The molecule has 0 saturated carbocycles. The Kier molecular flexibility index (Phi) is 5.07. The molecule has 0 aliphatic rings. The van der Waals surface area contributed by atoms with Gasteiger partial charge in [-0.1, -0.05) is 19.9 Å². The average Bonchev–Trinajstić information content (AvgIpc) is 2.25. The van der Waals surface area contributed by atoms with Gasteiger partial charge in [-0.3, -0.25) is 0 Å². The molecule has 0 amide bonds. The fourth-order valence-electron chi connectivity index (χ4n) is 1.73. The van der Waals surface area contributed by atoms with E-state index in [9.17, 15) is 4.39 Å². The Morgan fingerprint density at radius 3 is 2.50 bits per heavy atom. The second-order valence-electron chi connectivity index (χ2n) is 4.35. The molecule has 1 nitrogen and oxygen atoms in total. The highest BCUT2D eigenvalue weighted by atomic mass is 35.5. The van der Waals surface area contributed by atoms with Crippen LogP contribution >= 0.6 is 11.6 Å². The molecule has 0 aliphatic heterocycles. The fraction of sp³-hybridized carbons (Fsp3) is 0.538. The molecule has 0 aliphatic carbocycles. The lowest BCUT2D eigenvalue weighted by Gasteiger charge is -2.25. The van der Waals surface area contributed by atoms with Gasteiger partial charge in [0.05, 0.1) is 5.69 Å². The van der Waals surface area contributed by atoms with Gasteiger partial charge < -0.3 is 4.90 Å². The molecule has 3 heteroatoms. The molecule has 0 spiro atoms. The van der Waals surface area contributed by atoms with E-state index in [0.717, 1.165) is 18.7 Å². The van der Waals surface area contributed by atoms with Gasteiger partial charge >= 0.3 is 0 Å². The molecule has 16 heavy (non-hydrogen) atoms. The minimum Gasteiger partial charge on any atom is -0.369 e. The Labute approximate surface area is 102 Å². The monoisotopic (exact) mass is 243 g/mol. The summed E-state index contributed by atoms with van der Waals surface area (Å²) in [6.07, 6.45) is 0. The molecule has 0 heterocycles. The summed E-state index contributed by atoms with van der Waals surface area (Å²) in [5.74, 6) is 0.695. The topological polar surface area (TPSA) is 3.24 Å². The van der Waals surface area contributed by atoms with Crippen molar-refractivity contribution in [3.8, 4) is 0 Å². The van der Waals surface area contributed by atoms with Crippen LogP contribution in [0.15, 0.2) is 18.2 Å². The van der Waals surface area contributed by atoms with Crippen molar-refractivity contribution in [1.29, 1.82) is 0 Å². The first kappa shape index (κ1) is 13.3. The van der Waals surface area contributed by atoms with Crippen LogP contribution in [-0.2, 0) is 5.88 Å². The van der Waals surface area contributed by atoms with Crippen molar-refractivity contribution < 1.29 is 4.39 Å². The zero-order chi connectivity index (χ0) is 12.1. The van der Waals surface area contributed by atoms with Crippen molar-refractivity contribution in [3.05, 3.63) is 29.6 Å². The Bertz CT molecular complexity index is 339. The molecule has 0 bridgehead atoms. The Morgan fingerprint density at radius 1 is 1.38 bits per heavy atom. The molecule has 90 valence electrons. The number of anilines is 1. The fourth-order valence-corrected chi connectivity index (χ4v) is 1.89. The zero-order valence-electron chi connectivity index (χ0n) is 10.1. The summed E-state index contributed by atoms with van der Waals surface area (Å²) in [6.45, 7) is 7.99. The summed E-state index contributed by atoms with van der Waals surface area (Å²) in [6, 6.07) is 5.22. The largest absolute Gasteiger partial charge is 0.369 e. The first-order valence-corrected chi connectivity index (χ1v) is 6.21. The van der Waals surface area contributed by atoms with Crippen molar-refractivity contribution >= 4 is 17.3 Å². The maximum atomic E-state index is 13.8. The van der Waals surface area contributed by atoms with Gasteiger partial charge in [-0.2, -0.15) is 0 Å². The minimum absolute atomic E-state index is 0.180. The quantitative estimate of drug-likeness (QED) is 0.706. The third-order valence-electron chi connectivity index (χ3n) is 2.47. The van der Waals surface area contributed by atoms with E-state index in [0.29, 0.717) is 17.5 Å². The summed E-state index contributed by atoms with van der Waals surface area (Å²) >= 11 is 5.67. The summed E-state index contributed by atoms with van der Waals surface area (Å²) in [5.41, 5.74) is 1.49. The number of benzene rings is 1. The molecule has 0 atom stereocenters. The molecule has 0 aromatic heterocycles. The second-order valence-corrected chi connectivity index (χ2v) is 4.62. The first-order chi connectivity index (χ1) is 7.58. The Morgan fingerprint density at radius 2 is 2.06 bits per heavy atom. The van der Waals surface area contributed by atoms with Gasteiger partial charge in [0.25, 0.3) is 0 Å². The van der Waals surface area contributed by atoms with Gasteiger partial charge in [0, 0.05) is 19.0 Å². The van der Waals surface area contributed by atoms with E-state index in [2.05, 4.69) is 18.7 Å². The molecule has 0 fully saturated rings. The number of hydrogen-bond acceptors (Lipinski definition) is 1. The Balaban J connectivity index is 2.92. The van der Waals surface area contributed by atoms with E-state index >= 15 is 0 Å². The maximum absolute atomic E-state index is 13.8. The smallest absolute Gasteiger partial charge is 0.146 e. The summed E-state index contributed by atoms with van der Waals surface area (Å²) in [7, 11) is 0. The molecule has 0 radical (unpaired) electrons. The average molecular weight is 244 g/mol. The number of nitrogens with zero attached hydrogens (tertiary/aromatic N) is 1. The normalized spacial score (nSPS) is 10.9. The van der Waals surface area contributed by atoms with Crippen molar-refractivity contribution in [2.24, 2.45) is 5.92 Å². The second kappa shape index (κ2) is 6.09. The van der Waals surface area contributed by atoms with Gasteiger partial charge in [-0.25, -0.2) is 4.39 Å². The van der Waals surface area contributed by atoms with Crippen LogP contribution in [0.4, 0.5) is 10.1 Å². The van der Waals surface area contributed by atoms with E-state index in [1.807, 2.05) is 19.1 Å². The Hall–Kier alpha value is -0.760. The van der Waals surface area contributed by atoms with E-state index in [1.54, 1.807) is 0 Å². The third-order valence-corrected chi connectivity index (χ3v) is 2.78. The van der Waals surface area contributed by atoms with Crippen LogP contribution in [0.3, 0.4) is 0 Å². The summed E-state index contributed by atoms with van der Waals surface area (Å²) < 4.78 is 13.8. The number of hydrogen-bond donors (Lipinski definition) is 0. The van der Waals surface area contributed by atoms with Crippen LogP contribution < -0.4 is 4.90 Å². The first-order valence-electron chi connectivity index (χ1n) is 5.67. The van der Waals surface area contributed by atoms with Crippen molar-refractivity contribution in [2.45, 2.75) is 26.7 Å². The lowest BCUT2D eigenvalue weighted by molar-refractivity contribution is 0.586. The molecule has 0 saturated heterocycles. The predicted octanol–water partition coefficient (Wildman–Crippen LogP) is 4.05. The van der Waals surface area contributed by atoms with Crippen LogP contribution in [0.2, 0.25) is 0 Å². The molecular weight excluding hydrogens is 225 g/mol. The standard InChI is InChI=1S/C13H19ClFN/c1-4-16(9-10(2)3)13-6-5-11(8-14)7-12(13)15/h5-7,10H,4,8-9H2,1-3H3. The summed E-state index contributed by atoms with van der Waals surface area (Å²) in [4.78, 5) is 2.05. The van der Waals surface area contributed by atoms with Gasteiger partial charge in [-0.05, 0) is 30.5 Å². The van der Waals surface area contributed by atoms with Crippen LogP contribution in [0.1, 0.15) is 26.3 Å². The molecule has 0 N–H and O–H groups in total. The van der Waals surface area contributed by atoms with Gasteiger partial charge in [0.15, 0.2) is 0 Å². The molecule has 1 rings (SSSR count). The van der Waals surface area contributed by atoms with Gasteiger partial charge in [-0.15, -0.1) is 11.6 Å². The van der Waals surface area contributed by atoms with Gasteiger partial charge in [0.1, 0.15) is 5.82 Å². The zero-order valence-corrected chi connectivity index (χ0v) is 10.9. The lowest BCUT2D eigenvalue weighted by Crippen LogP contribution is -2.28. The van der Waals surface area contributed by atoms with Crippen LogP contribution in [0, 0.1) is 11.7 Å². The molecule has 1 aromatic carbocycles. The maximum Gasteiger partial charge on any atom is 0.146 e. The van der Waals surface area contributed by atoms with E-state index in [-0.39, 0.29) is 5.82 Å². The number of rotatable bonds is 5. The van der Waals surface area contributed by atoms with Crippen LogP contribution in [-0.4, -0.2) is 13.1 Å². The summed E-state index contributed by atoms with van der Waals surface area (Å²) in [5, 5.41) is 0. The number of halogens is 2. The van der Waals surface area contributed by atoms with Crippen LogP contribution in [0.25, 0.3) is 0 Å². The highest BCUT2D eigenvalue weighted by Gasteiger charge is 2.11. The molecule has 0 unspecified atom stereocenters. The SMILES string of the molecule is CCN(CC(C)C)c1ccc(CCl)cc1F. The third kappa shape index (κ3) is 3.38. The molecule has 1 aromatic rings. The predicted molar refractivity (Wildman–Crippen MR) is 68.7 cm³/mol. The lowest BCUT2D eigenvalue weighted by atomic mass is 10.1. The van der Waals surface area contributed by atoms with Crippen LogP contribution in [0.5, 0.6) is 0 Å². The number of alkyl halides is 1. The van der Waals surface area contributed by atoms with Crippen molar-refractivity contribution in [2.75, 3.05) is 18.0 Å². The molecular formula is C13H19ClFN. The van der Waals surface area contributed by atoms with Crippen molar-refractivity contribution in [3.63, 3.8) is 0 Å². The highest BCUT2D eigenvalue weighted by Crippen LogP contribution is 2.22.